The minimum atomic E-state index is -0.00394. The van der Waals surface area contributed by atoms with E-state index in [1.54, 1.807) is 16.7 Å². The molecule has 1 atom stereocenters. The number of thiazole rings is 1. The third-order valence-electron chi connectivity index (χ3n) is 4.90. The summed E-state index contributed by atoms with van der Waals surface area (Å²) in [7, 11) is 0. The van der Waals surface area contributed by atoms with Gasteiger partial charge in [0.05, 0.1) is 11.7 Å². The maximum atomic E-state index is 12.3. The topological polar surface area (TPSA) is 37.6 Å². The number of benzene rings is 1. The van der Waals surface area contributed by atoms with Crippen LogP contribution in [-0.2, 0) is 13.0 Å². The third-order valence-corrected chi connectivity index (χ3v) is 6.66. The molecule has 1 aliphatic heterocycles. The second-order valence-corrected chi connectivity index (χ2v) is 8.35. The van der Waals surface area contributed by atoms with E-state index in [1.807, 2.05) is 16.7 Å². The number of fused-ring (bicyclic) bond motifs is 2. The van der Waals surface area contributed by atoms with Crippen molar-refractivity contribution in [1.82, 2.24) is 14.3 Å². The van der Waals surface area contributed by atoms with Gasteiger partial charge < -0.3 is 0 Å². The molecule has 0 radical (unpaired) electrons. The third kappa shape index (κ3) is 2.70. The van der Waals surface area contributed by atoms with Crippen LogP contribution in [0, 0.1) is 0 Å². The van der Waals surface area contributed by atoms with Crippen LogP contribution in [-0.4, -0.2) is 20.8 Å². The number of hydrogen-bond acceptors (Lipinski definition) is 5. The first-order chi connectivity index (χ1) is 12.8. The maximum absolute atomic E-state index is 12.3. The molecule has 0 bridgehead atoms. The summed E-state index contributed by atoms with van der Waals surface area (Å²) in [6.07, 6.45) is 2.83. The van der Waals surface area contributed by atoms with Crippen molar-refractivity contribution in [2.24, 2.45) is 0 Å². The number of rotatable bonds is 3. The fourth-order valence-electron chi connectivity index (χ4n) is 3.74. The van der Waals surface area contributed by atoms with Crippen molar-refractivity contribution in [3.63, 3.8) is 0 Å². The largest absolute Gasteiger partial charge is 0.286 e. The van der Waals surface area contributed by atoms with E-state index in [1.165, 1.54) is 27.3 Å². The zero-order chi connectivity index (χ0) is 17.5. The quantitative estimate of drug-likeness (QED) is 0.541. The van der Waals surface area contributed by atoms with Crippen molar-refractivity contribution in [1.29, 1.82) is 0 Å². The summed E-state index contributed by atoms with van der Waals surface area (Å²) in [5.41, 5.74) is 3.52. The Hall–Kier alpha value is -2.28. The molecule has 1 aromatic carbocycles. The van der Waals surface area contributed by atoms with E-state index in [-0.39, 0.29) is 11.6 Å². The Morgan fingerprint density at radius 1 is 1.12 bits per heavy atom. The van der Waals surface area contributed by atoms with Gasteiger partial charge in [0, 0.05) is 35.6 Å². The van der Waals surface area contributed by atoms with Gasteiger partial charge >= 0.3 is 0 Å². The zero-order valence-electron chi connectivity index (χ0n) is 14.0. The van der Waals surface area contributed by atoms with Crippen LogP contribution in [0.5, 0.6) is 0 Å². The van der Waals surface area contributed by atoms with E-state index in [2.05, 4.69) is 46.7 Å². The molecule has 0 amide bonds. The second kappa shape index (κ2) is 6.46. The first kappa shape index (κ1) is 15.9. The van der Waals surface area contributed by atoms with Gasteiger partial charge in [0.25, 0.3) is 5.56 Å². The fraction of sp³-hybridized carbons (Fsp3) is 0.200. The molecule has 0 aliphatic carbocycles. The molecule has 0 saturated carbocycles. The van der Waals surface area contributed by atoms with E-state index in [9.17, 15) is 4.79 Å². The normalized spacial score (nSPS) is 17.5. The summed E-state index contributed by atoms with van der Waals surface area (Å²) in [4.78, 5) is 21.7. The Morgan fingerprint density at radius 2 is 2.00 bits per heavy atom. The molecule has 1 aliphatic rings. The Bertz CT molecular complexity index is 1110. The van der Waals surface area contributed by atoms with Crippen LogP contribution in [0.4, 0.5) is 0 Å². The molecule has 4 nitrogen and oxygen atoms in total. The summed E-state index contributed by atoms with van der Waals surface area (Å²) < 4.78 is 1.61. The van der Waals surface area contributed by atoms with E-state index < -0.39 is 0 Å². The van der Waals surface area contributed by atoms with Crippen molar-refractivity contribution in [3.8, 4) is 0 Å². The van der Waals surface area contributed by atoms with E-state index in [0.717, 1.165) is 23.6 Å². The monoisotopic (exact) mass is 379 g/mol. The number of nitrogens with zero attached hydrogens (tertiary/aromatic N) is 3. The molecule has 4 aromatic rings. The Morgan fingerprint density at radius 3 is 2.88 bits per heavy atom. The highest BCUT2D eigenvalue weighted by molar-refractivity contribution is 7.15. The van der Waals surface area contributed by atoms with Crippen LogP contribution in [0.25, 0.3) is 4.96 Å². The molecule has 4 heterocycles. The number of thiophene rings is 1. The molecule has 0 spiro atoms. The molecule has 3 aromatic heterocycles. The predicted molar refractivity (Wildman–Crippen MR) is 106 cm³/mol. The van der Waals surface area contributed by atoms with Crippen LogP contribution in [0.3, 0.4) is 0 Å². The Kier molecular flexibility index (Phi) is 3.96. The van der Waals surface area contributed by atoms with Gasteiger partial charge in [-0.25, -0.2) is 4.98 Å². The van der Waals surface area contributed by atoms with Crippen LogP contribution < -0.4 is 5.56 Å². The van der Waals surface area contributed by atoms with Crippen molar-refractivity contribution in [3.05, 3.63) is 91.5 Å². The lowest BCUT2D eigenvalue weighted by Crippen LogP contribution is -2.35. The van der Waals surface area contributed by atoms with E-state index >= 15 is 0 Å². The molecule has 0 N–H and O–H groups in total. The van der Waals surface area contributed by atoms with E-state index in [4.69, 9.17) is 4.98 Å². The lowest BCUT2D eigenvalue weighted by molar-refractivity contribution is 0.204. The summed E-state index contributed by atoms with van der Waals surface area (Å²) >= 11 is 3.34. The molecule has 0 fully saturated rings. The highest BCUT2D eigenvalue weighted by atomic mass is 32.1. The molecule has 6 heteroatoms. The molecule has 130 valence electrons. The average Bonchev–Trinajstić information content (AvgIpc) is 3.31. The van der Waals surface area contributed by atoms with Crippen LogP contribution in [0.1, 0.15) is 27.7 Å². The SMILES string of the molecule is O=c1cc(CN2CCc3sccc3[C@@H]2c2ccccc2)nc2sccn12. The lowest BCUT2D eigenvalue weighted by Gasteiger charge is -2.36. The molecular formula is C20H17N3OS2. The predicted octanol–water partition coefficient (Wildman–Crippen LogP) is 3.97. The Balaban J connectivity index is 1.55. The van der Waals surface area contributed by atoms with Crippen molar-refractivity contribution in [2.45, 2.75) is 19.0 Å². The van der Waals surface area contributed by atoms with Crippen molar-refractivity contribution >= 4 is 27.6 Å². The van der Waals surface area contributed by atoms with Crippen LogP contribution >= 0.6 is 22.7 Å². The Labute approximate surface area is 159 Å². The molecule has 5 rings (SSSR count). The minimum absolute atomic E-state index is 0.00394. The van der Waals surface area contributed by atoms with Gasteiger partial charge in [0.2, 0.25) is 0 Å². The summed E-state index contributed by atoms with van der Waals surface area (Å²) in [6.45, 7) is 1.65. The first-order valence-corrected chi connectivity index (χ1v) is 10.4. The summed E-state index contributed by atoms with van der Waals surface area (Å²) in [5.74, 6) is 0. The summed E-state index contributed by atoms with van der Waals surface area (Å²) in [6, 6.07) is 14.8. The highest BCUT2D eigenvalue weighted by Gasteiger charge is 2.29. The van der Waals surface area contributed by atoms with Gasteiger partial charge in [-0.05, 0) is 29.0 Å². The van der Waals surface area contributed by atoms with Crippen LogP contribution in [0.2, 0.25) is 0 Å². The molecular weight excluding hydrogens is 362 g/mol. The highest BCUT2D eigenvalue weighted by Crippen LogP contribution is 2.38. The molecule has 26 heavy (non-hydrogen) atoms. The lowest BCUT2D eigenvalue weighted by atomic mass is 9.93. The zero-order valence-corrected chi connectivity index (χ0v) is 15.7. The molecule has 0 saturated heterocycles. The van der Waals surface area contributed by atoms with Gasteiger partial charge in [-0.3, -0.25) is 14.1 Å². The molecule has 0 unspecified atom stereocenters. The van der Waals surface area contributed by atoms with Gasteiger partial charge in [-0.1, -0.05) is 30.3 Å². The maximum Gasteiger partial charge on any atom is 0.258 e. The standard InChI is InChI=1S/C20H17N3OS2/c24-18-12-15(21-20-23(18)9-11-26-20)13-22-8-6-17-16(7-10-25-17)19(22)14-4-2-1-3-5-14/h1-5,7,9-12,19H,6,8,13H2/t19-/m0/s1. The van der Waals surface area contributed by atoms with Gasteiger partial charge in [0.1, 0.15) is 0 Å². The van der Waals surface area contributed by atoms with Gasteiger partial charge in [-0.2, -0.15) is 0 Å². The van der Waals surface area contributed by atoms with Crippen LogP contribution in [0.15, 0.2) is 64.2 Å². The van der Waals surface area contributed by atoms with Gasteiger partial charge in [0.15, 0.2) is 4.96 Å². The number of hydrogen-bond donors (Lipinski definition) is 0. The second-order valence-electron chi connectivity index (χ2n) is 6.47. The van der Waals surface area contributed by atoms with Crippen molar-refractivity contribution in [2.75, 3.05) is 6.54 Å². The number of aromatic nitrogens is 2. The fourth-order valence-corrected chi connectivity index (χ4v) is 5.38. The minimum Gasteiger partial charge on any atom is -0.286 e. The van der Waals surface area contributed by atoms with Gasteiger partial charge in [-0.15, -0.1) is 22.7 Å². The van der Waals surface area contributed by atoms with E-state index in [0.29, 0.717) is 6.54 Å². The first-order valence-electron chi connectivity index (χ1n) is 8.60. The average molecular weight is 380 g/mol. The summed E-state index contributed by atoms with van der Waals surface area (Å²) in [5, 5.41) is 4.09. The van der Waals surface area contributed by atoms with Crippen molar-refractivity contribution < 1.29 is 0 Å². The smallest absolute Gasteiger partial charge is 0.258 e.